The number of aromatic amines is 1. The van der Waals surface area contributed by atoms with E-state index < -0.39 is 0 Å². The third-order valence-electron chi connectivity index (χ3n) is 5.63. The molecule has 1 aromatic carbocycles. The fraction of sp³-hybridized carbons (Fsp3) is 0.286. The summed E-state index contributed by atoms with van der Waals surface area (Å²) in [6, 6.07) is 8.44. The number of hydrogen-bond donors (Lipinski definition) is 3. The SMILES string of the molecule is CC(=O)N1CC=C(C2Cc3c(Nc4ccc5[nH]ncc5c4)ccnc3N2)CC1. The fourth-order valence-electron chi connectivity index (χ4n) is 4.05. The molecule has 0 aliphatic carbocycles. The highest BCUT2D eigenvalue weighted by atomic mass is 16.2. The Labute approximate surface area is 162 Å². The summed E-state index contributed by atoms with van der Waals surface area (Å²) in [5.41, 5.74) is 5.69. The number of benzene rings is 1. The highest BCUT2D eigenvalue weighted by molar-refractivity contribution is 5.83. The summed E-state index contributed by atoms with van der Waals surface area (Å²) < 4.78 is 0. The Morgan fingerprint density at radius 2 is 2.25 bits per heavy atom. The van der Waals surface area contributed by atoms with E-state index in [1.165, 1.54) is 11.1 Å². The molecule has 2 aromatic heterocycles. The minimum absolute atomic E-state index is 0.140. The van der Waals surface area contributed by atoms with Gasteiger partial charge in [-0.05, 0) is 36.3 Å². The molecule has 0 spiro atoms. The highest BCUT2D eigenvalue weighted by Gasteiger charge is 2.28. The quantitative estimate of drug-likeness (QED) is 0.613. The van der Waals surface area contributed by atoms with Gasteiger partial charge >= 0.3 is 0 Å². The van der Waals surface area contributed by atoms with Crippen molar-refractivity contribution in [1.29, 1.82) is 0 Å². The molecule has 0 saturated carbocycles. The van der Waals surface area contributed by atoms with Gasteiger partial charge in [-0.25, -0.2) is 4.98 Å². The van der Waals surface area contributed by atoms with Crippen molar-refractivity contribution in [1.82, 2.24) is 20.1 Å². The molecule has 7 heteroatoms. The molecule has 3 N–H and O–H groups in total. The van der Waals surface area contributed by atoms with Gasteiger partial charge in [0.15, 0.2) is 0 Å². The molecule has 1 amide bonds. The zero-order valence-corrected chi connectivity index (χ0v) is 15.7. The number of nitrogens with one attached hydrogen (secondary N) is 3. The van der Waals surface area contributed by atoms with Crippen molar-refractivity contribution in [3.63, 3.8) is 0 Å². The smallest absolute Gasteiger partial charge is 0.219 e. The van der Waals surface area contributed by atoms with E-state index >= 15 is 0 Å². The number of carbonyl (C=O) groups excluding carboxylic acids is 1. The second kappa shape index (κ2) is 6.67. The maximum absolute atomic E-state index is 11.5. The first-order chi connectivity index (χ1) is 13.7. The summed E-state index contributed by atoms with van der Waals surface area (Å²) in [7, 11) is 0. The van der Waals surface area contributed by atoms with Gasteiger partial charge in [-0.2, -0.15) is 5.10 Å². The Morgan fingerprint density at radius 3 is 3.07 bits per heavy atom. The molecule has 142 valence electrons. The minimum Gasteiger partial charge on any atom is -0.363 e. The molecular formula is C21H22N6O. The number of rotatable bonds is 3. The summed E-state index contributed by atoms with van der Waals surface area (Å²) in [5.74, 6) is 1.08. The molecular weight excluding hydrogens is 352 g/mol. The van der Waals surface area contributed by atoms with E-state index in [1.54, 1.807) is 6.92 Å². The summed E-state index contributed by atoms with van der Waals surface area (Å²) in [5, 5.41) is 15.2. The lowest BCUT2D eigenvalue weighted by molar-refractivity contribution is -0.128. The van der Waals surface area contributed by atoms with Crippen LogP contribution in [0.25, 0.3) is 10.9 Å². The monoisotopic (exact) mass is 374 g/mol. The predicted molar refractivity (Wildman–Crippen MR) is 110 cm³/mol. The summed E-state index contributed by atoms with van der Waals surface area (Å²) >= 11 is 0. The number of fused-ring (bicyclic) bond motifs is 2. The maximum atomic E-state index is 11.5. The number of hydrogen-bond acceptors (Lipinski definition) is 5. The Hall–Kier alpha value is -3.35. The van der Waals surface area contributed by atoms with Crippen molar-refractivity contribution in [2.75, 3.05) is 23.7 Å². The normalized spacial score (nSPS) is 18.5. The van der Waals surface area contributed by atoms with Crippen LogP contribution in [0.15, 0.2) is 48.3 Å². The maximum Gasteiger partial charge on any atom is 0.219 e. The van der Waals surface area contributed by atoms with Gasteiger partial charge < -0.3 is 15.5 Å². The van der Waals surface area contributed by atoms with Crippen molar-refractivity contribution in [3.05, 3.63) is 53.9 Å². The molecule has 28 heavy (non-hydrogen) atoms. The standard InChI is InChI=1S/C21H22N6O/c1-13(28)27-8-5-14(6-9-27)20-11-17-19(4-7-22-21(17)25-20)24-16-2-3-18-15(10-16)12-23-26-18/h2-5,7,10,12,20H,6,8-9,11H2,1H3,(H,23,26)(H2,22,24,25). The zero-order valence-electron chi connectivity index (χ0n) is 15.7. The molecule has 3 aromatic rings. The molecule has 5 rings (SSSR count). The van der Waals surface area contributed by atoms with Gasteiger partial charge in [0.25, 0.3) is 0 Å². The van der Waals surface area contributed by atoms with Crippen LogP contribution in [0.2, 0.25) is 0 Å². The first-order valence-electron chi connectivity index (χ1n) is 9.56. The van der Waals surface area contributed by atoms with Gasteiger partial charge in [0.05, 0.1) is 17.8 Å². The molecule has 2 aliphatic rings. The third kappa shape index (κ3) is 2.98. The summed E-state index contributed by atoms with van der Waals surface area (Å²) in [6.07, 6.45) is 7.65. The van der Waals surface area contributed by atoms with E-state index in [0.717, 1.165) is 47.5 Å². The van der Waals surface area contributed by atoms with E-state index in [0.29, 0.717) is 6.54 Å². The summed E-state index contributed by atoms with van der Waals surface area (Å²) in [6.45, 7) is 3.12. The van der Waals surface area contributed by atoms with Crippen LogP contribution in [0.3, 0.4) is 0 Å². The molecule has 7 nitrogen and oxygen atoms in total. The number of H-pyrrole nitrogens is 1. The van der Waals surface area contributed by atoms with Crippen LogP contribution < -0.4 is 10.6 Å². The average molecular weight is 374 g/mol. The third-order valence-corrected chi connectivity index (χ3v) is 5.63. The number of anilines is 3. The van der Waals surface area contributed by atoms with Crippen LogP contribution in [0.1, 0.15) is 18.9 Å². The van der Waals surface area contributed by atoms with E-state index in [1.807, 2.05) is 35.5 Å². The van der Waals surface area contributed by atoms with Crippen molar-refractivity contribution in [3.8, 4) is 0 Å². The minimum atomic E-state index is 0.140. The fourth-order valence-corrected chi connectivity index (χ4v) is 4.05. The van der Waals surface area contributed by atoms with Crippen LogP contribution in [-0.2, 0) is 11.2 Å². The second-order valence-corrected chi connectivity index (χ2v) is 7.38. The summed E-state index contributed by atoms with van der Waals surface area (Å²) in [4.78, 5) is 18.0. The number of pyridine rings is 1. The van der Waals surface area contributed by atoms with Gasteiger partial charge in [0, 0.05) is 55.0 Å². The van der Waals surface area contributed by atoms with Gasteiger partial charge in [0.2, 0.25) is 5.91 Å². The Morgan fingerprint density at radius 1 is 1.32 bits per heavy atom. The number of carbonyl (C=O) groups is 1. The first-order valence-corrected chi connectivity index (χ1v) is 9.56. The number of nitrogens with zero attached hydrogens (tertiary/aromatic N) is 3. The molecule has 0 saturated heterocycles. The van der Waals surface area contributed by atoms with Crippen molar-refractivity contribution >= 4 is 34.0 Å². The van der Waals surface area contributed by atoms with Crippen molar-refractivity contribution in [2.24, 2.45) is 0 Å². The zero-order chi connectivity index (χ0) is 19.1. The molecule has 1 unspecified atom stereocenters. The number of amides is 1. The molecule has 0 fully saturated rings. The van der Waals surface area contributed by atoms with Crippen LogP contribution in [0.5, 0.6) is 0 Å². The Kier molecular flexibility index (Phi) is 4.00. The van der Waals surface area contributed by atoms with Crippen molar-refractivity contribution < 1.29 is 4.79 Å². The van der Waals surface area contributed by atoms with E-state index in [9.17, 15) is 4.79 Å². The van der Waals surface area contributed by atoms with E-state index in [2.05, 4.69) is 38.0 Å². The first kappa shape index (κ1) is 16.8. The van der Waals surface area contributed by atoms with E-state index in [-0.39, 0.29) is 11.9 Å². The van der Waals surface area contributed by atoms with Gasteiger partial charge in [0.1, 0.15) is 5.82 Å². The number of aromatic nitrogens is 3. The van der Waals surface area contributed by atoms with Crippen molar-refractivity contribution in [2.45, 2.75) is 25.8 Å². The van der Waals surface area contributed by atoms with Crippen LogP contribution in [0, 0.1) is 0 Å². The van der Waals surface area contributed by atoms with Crippen LogP contribution >= 0.6 is 0 Å². The van der Waals surface area contributed by atoms with E-state index in [4.69, 9.17) is 0 Å². The lowest BCUT2D eigenvalue weighted by Gasteiger charge is -2.28. The topological polar surface area (TPSA) is 85.9 Å². The molecule has 4 heterocycles. The van der Waals surface area contributed by atoms with Gasteiger partial charge in [-0.1, -0.05) is 6.08 Å². The average Bonchev–Trinajstić information content (AvgIpc) is 3.35. The molecule has 0 radical (unpaired) electrons. The van der Waals surface area contributed by atoms with Gasteiger partial charge in [-0.3, -0.25) is 9.89 Å². The Balaban J connectivity index is 1.36. The lowest BCUT2D eigenvalue weighted by Crippen LogP contribution is -2.35. The molecule has 2 aliphatic heterocycles. The molecule has 0 bridgehead atoms. The predicted octanol–water partition coefficient (Wildman–Crippen LogP) is 3.22. The largest absolute Gasteiger partial charge is 0.363 e. The molecule has 1 atom stereocenters. The van der Waals surface area contributed by atoms with Crippen LogP contribution in [0.4, 0.5) is 17.2 Å². The Bertz CT molecular complexity index is 1090. The highest BCUT2D eigenvalue weighted by Crippen LogP contribution is 2.35. The van der Waals surface area contributed by atoms with Gasteiger partial charge in [-0.15, -0.1) is 0 Å². The second-order valence-electron chi connectivity index (χ2n) is 7.38. The lowest BCUT2D eigenvalue weighted by atomic mass is 9.97. The van der Waals surface area contributed by atoms with Crippen LogP contribution in [-0.4, -0.2) is 45.1 Å².